The number of likely N-dealkylation sites (tertiary alicyclic amines) is 1. The number of carbonyl (C=O) groups excluding carboxylic acids is 2. The first kappa shape index (κ1) is 20.8. The summed E-state index contributed by atoms with van der Waals surface area (Å²) in [4.78, 5) is 26.9. The summed E-state index contributed by atoms with van der Waals surface area (Å²) in [5.41, 5.74) is 0.849. The van der Waals surface area contributed by atoms with Gasteiger partial charge in [-0.1, -0.05) is 18.2 Å². The summed E-state index contributed by atoms with van der Waals surface area (Å²) < 4.78 is 5.45. The Morgan fingerprint density at radius 2 is 1.96 bits per heavy atom. The second-order valence-electron chi connectivity index (χ2n) is 7.96. The van der Waals surface area contributed by atoms with Crippen LogP contribution in [0.1, 0.15) is 45.6 Å². The minimum Gasteiger partial charge on any atom is -0.444 e. The van der Waals surface area contributed by atoms with Gasteiger partial charge in [-0.2, -0.15) is 0 Å². The van der Waals surface area contributed by atoms with Gasteiger partial charge in [0.15, 0.2) is 0 Å². The molecule has 1 aliphatic heterocycles. The number of hydrogen-bond acceptors (Lipinski definition) is 4. The summed E-state index contributed by atoms with van der Waals surface area (Å²) in [6.45, 7) is 6.99. The molecular formula is C21H31NO3S. The lowest BCUT2D eigenvalue weighted by Crippen LogP contribution is -2.43. The van der Waals surface area contributed by atoms with Crippen molar-refractivity contribution in [2.75, 3.05) is 19.3 Å². The summed E-state index contributed by atoms with van der Waals surface area (Å²) in [5.74, 6) is 0.415. The third-order valence-electron chi connectivity index (χ3n) is 4.91. The first-order valence-electron chi connectivity index (χ1n) is 9.39. The average molecular weight is 378 g/mol. The molecule has 0 aliphatic carbocycles. The van der Waals surface area contributed by atoms with Gasteiger partial charge in [0, 0.05) is 23.9 Å². The van der Waals surface area contributed by atoms with E-state index in [-0.39, 0.29) is 12.0 Å². The Kier molecular flexibility index (Phi) is 7.56. The van der Waals surface area contributed by atoms with E-state index in [1.165, 1.54) is 10.5 Å². The summed E-state index contributed by atoms with van der Waals surface area (Å²) in [7, 11) is 0. The molecule has 1 aromatic carbocycles. The van der Waals surface area contributed by atoms with Crippen LogP contribution in [0.25, 0.3) is 0 Å². The van der Waals surface area contributed by atoms with Gasteiger partial charge in [-0.25, -0.2) is 4.79 Å². The van der Waals surface area contributed by atoms with E-state index in [1.807, 2.05) is 20.8 Å². The van der Waals surface area contributed by atoms with Crippen LogP contribution >= 0.6 is 11.8 Å². The maximum absolute atomic E-state index is 12.2. The molecule has 2 rings (SSSR count). The number of piperidine rings is 1. The van der Waals surface area contributed by atoms with Crippen LogP contribution in [-0.2, 0) is 16.0 Å². The van der Waals surface area contributed by atoms with E-state index in [1.54, 1.807) is 16.7 Å². The molecule has 1 heterocycles. The molecular weight excluding hydrogens is 346 g/mol. The quantitative estimate of drug-likeness (QED) is 0.527. The van der Waals surface area contributed by atoms with Gasteiger partial charge >= 0.3 is 6.09 Å². The molecule has 1 atom stereocenters. The lowest BCUT2D eigenvalue weighted by atomic mass is 9.82. The highest BCUT2D eigenvalue weighted by Gasteiger charge is 2.30. The standard InChI is InChI=1S/C21H31NO3S/c1-21(2,3)25-20(24)22-13-11-16(12-14-22)18(15-23)10-9-17-7-5-6-8-19(17)26-4/h5-8,15-16,18H,9-14H2,1-4H3. The number of thioether (sulfide) groups is 1. The van der Waals surface area contributed by atoms with Gasteiger partial charge in [-0.05, 0) is 70.3 Å². The molecule has 1 amide bonds. The second-order valence-corrected chi connectivity index (χ2v) is 8.80. The maximum atomic E-state index is 12.2. The lowest BCUT2D eigenvalue weighted by molar-refractivity contribution is -0.113. The molecule has 0 spiro atoms. The number of carbonyl (C=O) groups is 2. The van der Waals surface area contributed by atoms with Crippen LogP contribution in [0.15, 0.2) is 29.2 Å². The molecule has 1 fully saturated rings. The first-order chi connectivity index (χ1) is 12.3. The van der Waals surface area contributed by atoms with Crippen molar-refractivity contribution in [3.05, 3.63) is 29.8 Å². The smallest absolute Gasteiger partial charge is 0.410 e. The molecule has 1 saturated heterocycles. The number of aldehydes is 1. The summed E-state index contributed by atoms with van der Waals surface area (Å²) in [5, 5.41) is 0. The van der Waals surface area contributed by atoms with Crippen LogP contribution < -0.4 is 0 Å². The van der Waals surface area contributed by atoms with Crippen molar-refractivity contribution < 1.29 is 14.3 Å². The Balaban J connectivity index is 1.86. The third-order valence-corrected chi connectivity index (χ3v) is 5.75. The van der Waals surface area contributed by atoms with Gasteiger partial charge in [0.1, 0.15) is 11.9 Å². The van der Waals surface area contributed by atoms with Gasteiger partial charge < -0.3 is 14.4 Å². The zero-order valence-corrected chi connectivity index (χ0v) is 17.2. The fraction of sp³-hybridized carbons (Fsp3) is 0.619. The molecule has 1 aromatic rings. The number of rotatable bonds is 6. The number of aryl methyl sites for hydroxylation is 1. The zero-order chi connectivity index (χ0) is 19.2. The molecule has 0 bridgehead atoms. The van der Waals surface area contributed by atoms with Crippen molar-refractivity contribution in [2.45, 2.75) is 57.0 Å². The van der Waals surface area contributed by atoms with Gasteiger partial charge in [0.05, 0.1) is 0 Å². The highest BCUT2D eigenvalue weighted by atomic mass is 32.2. The summed E-state index contributed by atoms with van der Waals surface area (Å²) in [6.07, 6.45) is 6.50. The van der Waals surface area contributed by atoms with Crippen molar-refractivity contribution in [2.24, 2.45) is 11.8 Å². The predicted octanol–water partition coefficient (Wildman–Crippen LogP) is 4.80. The molecule has 144 valence electrons. The van der Waals surface area contributed by atoms with E-state index in [0.29, 0.717) is 19.0 Å². The fourth-order valence-electron chi connectivity index (χ4n) is 3.48. The minimum absolute atomic E-state index is 0.0608. The molecule has 5 heteroatoms. The van der Waals surface area contributed by atoms with Crippen LogP contribution in [0.5, 0.6) is 0 Å². The van der Waals surface area contributed by atoms with Crippen molar-refractivity contribution in [3.63, 3.8) is 0 Å². The topological polar surface area (TPSA) is 46.6 Å². The molecule has 26 heavy (non-hydrogen) atoms. The van der Waals surface area contributed by atoms with Gasteiger partial charge in [0.2, 0.25) is 0 Å². The lowest BCUT2D eigenvalue weighted by Gasteiger charge is -2.35. The normalized spacial score (nSPS) is 17.0. The van der Waals surface area contributed by atoms with E-state index < -0.39 is 5.60 Å². The van der Waals surface area contributed by atoms with Crippen LogP contribution in [-0.4, -0.2) is 42.2 Å². The summed E-state index contributed by atoms with van der Waals surface area (Å²) >= 11 is 1.75. The maximum Gasteiger partial charge on any atom is 0.410 e. The molecule has 1 unspecified atom stereocenters. The van der Waals surface area contributed by atoms with Gasteiger partial charge in [-0.3, -0.25) is 0 Å². The van der Waals surface area contributed by atoms with Crippen LogP contribution in [0.3, 0.4) is 0 Å². The fourth-order valence-corrected chi connectivity index (χ4v) is 4.13. The average Bonchev–Trinajstić information content (AvgIpc) is 2.61. The zero-order valence-electron chi connectivity index (χ0n) is 16.4. The first-order valence-corrected chi connectivity index (χ1v) is 10.6. The Hall–Kier alpha value is -1.49. The Bertz CT molecular complexity index is 604. The molecule has 0 aromatic heterocycles. The second kappa shape index (κ2) is 9.45. The molecule has 0 radical (unpaired) electrons. The molecule has 1 aliphatic rings. The number of amides is 1. The largest absolute Gasteiger partial charge is 0.444 e. The number of nitrogens with zero attached hydrogens (tertiary/aromatic N) is 1. The van der Waals surface area contributed by atoms with E-state index >= 15 is 0 Å². The van der Waals surface area contributed by atoms with Crippen molar-refractivity contribution in [1.82, 2.24) is 4.90 Å². The van der Waals surface area contributed by atoms with Crippen LogP contribution in [0.4, 0.5) is 4.79 Å². The summed E-state index contributed by atoms with van der Waals surface area (Å²) in [6, 6.07) is 8.40. The number of benzene rings is 1. The van der Waals surface area contributed by atoms with Crippen molar-refractivity contribution >= 4 is 24.1 Å². The Morgan fingerprint density at radius 3 is 2.54 bits per heavy atom. The molecule has 4 nitrogen and oxygen atoms in total. The van der Waals surface area contributed by atoms with Crippen LogP contribution in [0.2, 0.25) is 0 Å². The van der Waals surface area contributed by atoms with E-state index in [9.17, 15) is 9.59 Å². The highest BCUT2D eigenvalue weighted by Crippen LogP contribution is 2.29. The SMILES string of the molecule is CSc1ccccc1CCC(C=O)C1CCN(C(=O)OC(C)(C)C)CC1. The Morgan fingerprint density at radius 1 is 1.31 bits per heavy atom. The van der Waals surface area contributed by atoms with E-state index in [0.717, 1.165) is 32.0 Å². The number of ether oxygens (including phenoxy) is 1. The highest BCUT2D eigenvalue weighted by molar-refractivity contribution is 7.98. The predicted molar refractivity (Wildman–Crippen MR) is 107 cm³/mol. The van der Waals surface area contributed by atoms with E-state index in [4.69, 9.17) is 4.74 Å². The van der Waals surface area contributed by atoms with Gasteiger partial charge in [0.25, 0.3) is 0 Å². The van der Waals surface area contributed by atoms with Crippen molar-refractivity contribution in [3.8, 4) is 0 Å². The van der Waals surface area contributed by atoms with Crippen molar-refractivity contribution in [1.29, 1.82) is 0 Å². The van der Waals surface area contributed by atoms with Gasteiger partial charge in [-0.15, -0.1) is 11.8 Å². The molecule has 0 saturated carbocycles. The van der Waals surface area contributed by atoms with E-state index in [2.05, 4.69) is 30.5 Å². The van der Waals surface area contributed by atoms with Crippen LogP contribution in [0, 0.1) is 11.8 Å². The minimum atomic E-state index is -0.468. The molecule has 0 N–H and O–H groups in total. The Labute approximate surface area is 161 Å². The third kappa shape index (κ3) is 6.04. The number of hydrogen-bond donors (Lipinski definition) is 0. The monoisotopic (exact) mass is 377 g/mol.